The van der Waals surface area contributed by atoms with Crippen molar-refractivity contribution in [2.24, 2.45) is 0 Å². The number of thioether (sulfide) groups is 1. The van der Waals surface area contributed by atoms with Gasteiger partial charge in [-0.15, -0.1) is 6.58 Å². The summed E-state index contributed by atoms with van der Waals surface area (Å²) in [7, 11) is -1.23. The molecule has 0 aromatic heterocycles. The minimum atomic E-state index is -1.23. The van der Waals surface area contributed by atoms with Crippen LogP contribution in [-0.2, 0) is 5.41 Å². The van der Waals surface area contributed by atoms with Gasteiger partial charge in [0.25, 0.3) is 0 Å². The molecule has 0 unspecified atom stereocenters. The molecule has 0 heterocycles. The minimum Gasteiger partial charge on any atom is -0.164 e. The molecule has 17 heavy (non-hydrogen) atoms. The topological polar surface area (TPSA) is 0 Å². The van der Waals surface area contributed by atoms with Crippen molar-refractivity contribution in [1.82, 2.24) is 0 Å². The van der Waals surface area contributed by atoms with E-state index in [0.717, 1.165) is 0 Å². The van der Waals surface area contributed by atoms with Crippen LogP contribution in [0.25, 0.3) is 0 Å². The van der Waals surface area contributed by atoms with E-state index in [1.165, 1.54) is 5.56 Å². The molecule has 0 aliphatic rings. The molecule has 0 aliphatic heterocycles. The molecular weight excluding hydrogens is 240 g/mol. The van der Waals surface area contributed by atoms with Crippen molar-refractivity contribution in [1.29, 1.82) is 0 Å². The Morgan fingerprint density at radius 2 is 1.76 bits per heavy atom. The molecule has 94 valence electrons. The lowest BCUT2D eigenvalue weighted by atomic mass is 9.84. The van der Waals surface area contributed by atoms with Crippen molar-refractivity contribution in [3.8, 4) is 0 Å². The van der Waals surface area contributed by atoms with Gasteiger partial charge in [-0.2, -0.15) is 11.8 Å². The molecule has 0 amide bonds. The second kappa shape index (κ2) is 5.45. The molecule has 0 saturated heterocycles. The Hall–Kier alpha value is -0.473. The summed E-state index contributed by atoms with van der Waals surface area (Å²) in [6.07, 6.45) is 4.37. The average molecular weight is 265 g/mol. The predicted molar refractivity (Wildman–Crippen MR) is 84.6 cm³/mol. The largest absolute Gasteiger partial charge is 0.164 e. The Bertz CT molecular complexity index is 366. The molecule has 0 radical (unpaired) electrons. The van der Waals surface area contributed by atoms with Gasteiger partial charge in [0.1, 0.15) is 0 Å². The molecule has 1 aromatic carbocycles. The van der Waals surface area contributed by atoms with Gasteiger partial charge in [-0.05, 0) is 11.8 Å². The monoisotopic (exact) mass is 264 g/mol. The molecule has 0 nitrogen and oxygen atoms in total. The predicted octanol–water partition coefficient (Wildman–Crippen LogP) is 4.74. The van der Waals surface area contributed by atoms with Gasteiger partial charge in [0.05, 0.1) is 8.07 Å². The van der Waals surface area contributed by atoms with Gasteiger partial charge in [-0.1, -0.05) is 63.0 Å². The highest BCUT2D eigenvalue weighted by molar-refractivity contribution is 8.01. The number of rotatable bonds is 5. The third-order valence-electron chi connectivity index (χ3n) is 3.39. The Kier molecular flexibility index (Phi) is 4.67. The summed E-state index contributed by atoms with van der Waals surface area (Å²) in [4.78, 5) is 0.648. The normalized spacial score (nSPS) is 17.2. The fraction of sp³-hybridized carbons (Fsp3) is 0.467. The Labute approximate surface area is 112 Å². The highest BCUT2D eigenvalue weighted by Gasteiger charge is 2.40. The fourth-order valence-electron chi connectivity index (χ4n) is 2.67. The summed E-state index contributed by atoms with van der Waals surface area (Å²) >= 11 is 1.99. The van der Waals surface area contributed by atoms with Gasteiger partial charge < -0.3 is 0 Å². The summed E-state index contributed by atoms with van der Waals surface area (Å²) in [5.41, 5.74) is 1.46. The van der Waals surface area contributed by atoms with E-state index >= 15 is 0 Å². The van der Waals surface area contributed by atoms with E-state index in [1.54, 1.807) is 0 Å². The van der Waals surface area contributed by atoms with E-state index < -0.39 is 8.07 Å². The minimum absolute atomic E-state index is 0.0746. The van der Waals surface area contributed by atoms with E-state index in [-0.39, 0.29) is 5.41 Å². The maximum atomic E-state index is 4.10. The molecular formula is C15H24SSi. The fourth-order valence-corrected chi connectivity index (χ4v) is 8.31. The summed E-state index contributed by atoms with van der Waals surface area (Å²) < 4.78 is 0. The molecule has 0 N–H and O–H groups in total. The highest BCUT2D eigenvalue weighted by Crippen LogP contribution is 2.40. The van der Waals surface area contributed by atoms with Crippen molar-refractivity contribution in [2.45, 2.75) is 36.9 Å². The molecule has 0 bridgehead atoms. The SMILES string of the molecule is C=C[C@](C)(c1ccccc1)[C@H](SC)[Si](C)(C)C. The molecule has 2 atom stereocenters. The van der Waals surface area contributed by atoms with Crippen molar-refractivity contribution < 1.29 is 0 Å². The zero-order chi connectivity index (χ0) is 13.1. The van der Waals surface area contributed by atoms with E-state index in [0.29, 0.717) is 4.87 Å². The standard InChI is InChI=1S/C15H24SSi/c1-7-15(2,13-11-9-8-10-12-13)14(16-3)17(4,5)6/h7-12,14H,1H2,2-6H3/t14-,15-/m1/s1. The van der Waals surface area contributed by atoms with Gasteiger partial charge in [0.15, 0.2) is 0 Å². The smallest absolute Gasteiger partial charge is 0.0602 e. The first-order valence-electron chi connectivity index (χ1n) is 6.08. The van der Waals surface area contributed by atoms with Gasteiger partial charge in [-0.25, -0.2) is 0 Å². The molecule has 0 aliphatic carbocycles. The van der Waals surface area contributed by atoms with Crippen LogP contribution in [-0.4, -0.2) is 19.2 Å². The maximum Gasteiger partial charge on any atom is 0.0602 e. The molecule has 2 heteroatoms. The van der Waals surface area contributed by atoms with Crippen molar-refractivity contribution >= 4 is 19.8 Å². The van der Waals surface area contributed by atoms with Crippen LogP contribution in [0, 0.1) is 0 Å². The van der Waals surface area contributed by atoms with E-state index in [2.05, 4.69) is 75.8 Å². The Morgan fingerprint density at radius 1 is 1.24 bits per heavy atom. The number of hydrogen-bond donors (Lipinski definition) is 0. The summed E-state index contributed by atoms with van der Waals surface area (Å²) in [5, 5.41) is 0. The Morgan fingerprint density at radius 3 is 2.12 bits per heavy atom. The first kappa shape index (κ1) is 14.6. The molecule has 0 fully saturated rings. The van der Waals surface area contributed by atoms with Crippen LogP contribution in [0.2, 0.25) is 19.6 Å². The van der Waals surface area contributed by atoms with Crippen molar-refractivity contribution in [3.05, 3.63) is 48.6 Å². The molecule has 1 rings (SSSR count). The Balaban J connectivity index is 3.24. The summed E-state index contributed by atoms with van der Waals surface area (Å²) in [5.74, 6) is 0. The number of benzene rings is 1. The van der Waals surface area contributed by atoms with Crippen LogP contribution in [0.1, 0.15) is 12.5 Å². The number of hydrogen-bond acceptors (Lipinski definition) is 1. The van der Waals surface area contributed by atoms with Crippen molar-refractivity contribution in [3.63, 3.8) is 0 Å². The quantitative estimate of drug-likeness (QED) is 0.547. The molecule has 0 saturated carbocycles. The molecule has 0 spiro atoms. The second-order valence-corrected chi connectivity index (χ2v) is 12.5. The van der Waals surface area contributed by atoms with Gasteiger partial charge in [-0.3, -0.25) is 0 Å². The number of allylic oxidation sites excluding steroid dienone is 1. The van der Waals surface area contributed by atoms with Crippen LogP contribution in [0.4, 0.5) is 0 Å². The van der Waals surface area contributed by atoms with E-state index in [1.807, 2.05) is 11.8 Å². The average Bonchev–Trinajstić information content (AvgIpc) is 2.29. The zero-order valence-corrected chi connectivity index (χ0v) is 13.5. The third kappa shape index (κ3) is 3.05. The van der Waals surface area contributed by atoms with E-state index in [4.69, 9.17) is 0 Å². The molecule has 1 aromatic rings. The lowest BCUT2D eigenvalue weighted by Crippen LogP contribution is -2.48. The first-order valence-corrected chi connectivity index (χ1v) is 10.9. The van der Waals surface area contributed by atoms with Crippen LogP contribution >= 0.6 is 11.8 Å². The van der Waals surface area contributed by atoms with E-state index in [9.17, 15) is 0 Å². The van der Waals surface area contributed by atoms with Gasteiger partial charge in [0, 0.05) is 10.3 Å². The van der Waals surface area contributed by atoms with Crippen LogP contribution in [0.15, 0.2) is 43.0 Å². The van der Waals surface area contributed by atoms with Crippen LogP contribution < -0.4 is 0 Å². The zero-order valence-electron chi connectivity index (χ0n) is 11.7. The first-order chi connectivity index (χ1) is 7.86. The summed E-state index contributed by atoms with van der Waals surface area (Å²) in [6, 6.07) is 10.8. The maximum absolute atomic E-state index is 4.10. The van der Waals surface area contributed by atoms with Crippen molar-refractivity contribution in [2.75, 3.05) is 6.26 Å². The van der Waals surface area contributed by atoms with Gasteiger partial charge in [0.2, 0.25) is 0 Å². The summed E-state index contributed by atoms with van der Waals surface area (Å²) in [6.45, 7) is 13.8. The third-order valence-corrected chi connectivity index (χ3v) is 9.35. The van der Waals surface area contributed by atoms with Crippen LogP contribution in [0.5, 0.6) is 0 Å². The second-order valence-electron chi connectivity index (χ2n) is 5.83. The van der Waals surface area contributed by atoms with Crippen LogP contribution in [0.3, 0.4) is 0 Å². The van der Waals surface area contributed by atoms with Gasteiger partial charge >= 0.3 is 0 Å². The lowest BCUT2D eigenvalue weighted by Gasteiger charge is -2.41. The highest BCUT2D eigenvalue weighted by atomic mass is 32.2. The lowest BCUT2D eigenvalue weighted by molar-refractivity contribution is 0.639.